The van der Waals surface area contributed by atoms with Crippen LogP contribution in [-0.4, -0.2) is 43.5 Å². The first-order valence-electron chi connectivity index (χ1n) is 4.86. The number of hydrogen-bond donors (Lipinski definition) is 2. The first kappa shape index (κ1) is 10.5. The molecule has 0 saturated carbocycles. The molecular formula is C9H19N3O. The quantitative estimate of drug-likeness (QED) is 0.617. The zero-order valence-corrected chi connectivity index (χ0v) is 8.42. The van der Waals surface area contributed by atoms with Crippen molar-refractivity contribution < 1.29 is 4.79 Å². The van der Waals surface area contributed by atoms with Crippen LogP contribution in [0, 0.1) is 5.92 Å². The van der Waals surface area contributed by atoms with Crippen molar-refractivity contribution in [3.8, 4) is 0 Å². The fourth-order valence-electron chi connectivity index (χ4n) is 1.92. The lowest BCUT2D eigenvalue weighted by molar-refractivity contribution is -0.124. The molecule has 2 unspecified atom stereocenters. The Labute approximate surface area is 79.5 Å². The van der Waals surface area contributed by atoms with Crippen molar-refractivity contribution in [1.82, 2.24) is 10.2 Å². The topological polar surface area (TPSA) is 58.4 Å². The molecule has 0 radical (unpaired) electrons. The summed E-state index contributed by atoms with van der Waals surface area (Å²) in [6.45, 7) is 4.83. The van der Waals surface area contributed by atoms with Crippen molar-refractivity contribution in [3.05, 3.63) is 0 Å². The maximum absolute atomic E-state index is 11.1. The molecule has 4 nitrogen and oxygen atoms in total. The second-order valence-corrected chi connectivity index (χ2v) is 3.72. The predicted octanol–water partition coefficient (Wildman–Crippen LogP) is -0.598. The van der Waals surface area contributed by atoms with Crippen LogP contribution in [0.4, 0.5) is 0 Å². The van der Waals surface area contributed by atoms with Crippen molar-refractivity contribution in [2.45, 2.75) is 19.4 Å². The molecule has 0 bridgehead atoms. The molecule has 1 saturated heterocycles. The highest BCUT2D eigenvalue weighted by Crippen LogP contribution is 2.16. The van der Waals surface area contributed by atoms with Crippen LogP contribution in [0.1, 0.15) is 13.3 Å². The van der Waals surface area contributed by atoms with E-state index in [0.717, 1.165) is 26.1 Å². The minimum Gasteiger partial charge on any atom is -0.369 e. The van der Waals surface area contributed by atoms with Crippen LogP contribution in [0.2, 0.25) is 0 Å². The van der Waals surface area contributed by atoms with Gasteiger partial charge in [-0.25, -0.2) is 0 Å². The third-order valence-corrected chi connectivity index (χ3v) is 2.65. The van der Waals surface area contributed by atoms with Crippen LogP contribution in [-0.2, 0) is 4.79 Å². The fraction of sp³-hybridized carbons (Fsp3) is 0.889. The van der Waals surface area contributed by atoms with Gasteiger partial charge < -0.3 is 16.0 Å². The van der Waals surface area contributed by atoms with Gasteiger partial charge in [0, 0.05) is 12.6 Å². The molecule has 0 aromatic rings. The molecule has 1 amide bonds. The third-order valence-electron chi connectivity index (χ3n) is 2.65. The lowest BCUT2D eigenvalue weighted by Crippen LogP contribution is -2.53. The maximum atomic E-state index is 11.1. The number of likely N-dealkylation sites (N-methyl/N-ethyl adjacent to an activating group) is 2. The molecule has 4 heteroatoms. The van der Waals surface area contributed by atoms with Gasteiger partial charge in [-0.3, -0.25) is 4.79 Å². The van der Waals surface area contributed by atoms with Gasteiger partial charge in [0.1, 0.15) is 0 Å². The Hall–Kier alpha value is -0.610. The zero-order chi connectivity index (χ0) is 9.84. The van der Waals surface area contributed by atoms with E-state index >= 15 is 0 Å². The van der Waals surface area contributed by atoms with Gasteiger partial charge in [-0.05, 0) is 26.6 Å². The van der Waals surface area contributed by atoms with Crippen LogP contribution in [0.15, 0.2) is 0 Å². The Balaban J connectivity index is 2.55. The van der Waals surface area contributed by atoms with E-state index in [1.54, 1.807) is 0 Å². The van der Waals surface area contributed by atoms with Gasteiger partial charge in [0.2, 0.25) is 5.91 Å². The Bertz CT molecular complexity index is 184. The number of carbonyl (C=O) groups is 1. The summed E-state index contributed by atoms with van der Waals surface area (Å²) in [5.41, 5.74) is 5.34. The first-order chi connectivity index (χ1) is 6.15. The summed E-state index contributed by atoms with van der Waals surface area (Å²) in [5.74, 6) is -0.157. The number of rotatable bonds is 3. The van der Waals surface area contributed by atoms with E-state index in [0.29, 0.717) is 0 Å². The molecule has 3 N–H and O–H groups in total. The summed E-state index contributed by atoms with van der Waals surface area (Å²) in [6, 6.07) is 0.237. The number of hydrogen-bond acceptors (Lipinski definition) is 3. The van der Waals surface area contributed by atoms with E-state index in [-0.39, 0.29) is 17.9 Å². The summed E-state index contributed by atoms with van der Waals surface area (Å²) in [4.78, 5) is 13.3. The highest BCUT2D eigenvalue weighted by Gasteiger charge is 2.30. The van der Waals surface area contributed by atoms with E-state index < -0.39 is 0 Å². The van der Waals surface area contributed by atoms with Crippen molar-refractivity contribution >= 4 is 5.91 Å². The summed E-state index contributed by atoms with van der Waals surface area (Å²) in [6.07, 6.45) is 0.878. The van der Waals surface area contributed by atoms with Crippen LogP contribution >= 0.6 is 0 Å². The van der Waals surface area contributed by atoms with E-state index in [2.05, 4.69) is 17.3 Å². The highest BCUT2D eigenvalue weighted by molar-refractivity contribution is 5.77. The molecule has 1 fully saturated rings. The van der Waals surface area contributed by atoms with Crippen molar-refractivity contribution in [2.75, 3.05) is 26.7 Å². The molecule has 1 aliphatic rings. The Morgan fingerprint density at radius 1 is 1.69 bits per heavy atom. The Morgan fingerprint density at radius 3 is 2.92 bits per heavy atom. The molecule has 0 aromatic carbocycles. The first-order valence-corrected chi connectivity index (χ1v) is 4.86. The number of nitrogens with one attached hydrogen (secondary N) is 1. The van der Waals surface area contributed by atoms with Crippen molar-refractivity contribution in [2.24, 2.45) is 11.7 Å². The van der Waals surface area contributed by atoms with Crippen molar-refractivity contribution in [3.63, 3.8) is 0 Å². The number of primary amides is 1. The van der Waals surface area contributed by atoms with Gasteiger partial charge in [-0.1, -0.05) is 6.92 Å². The number of piperidine rings is 1. The van der Waals surface area contributed by atoms with E-state index in [1.165, 1.54) is 0 Å². The number of carbonyl (C=O) groups excluding carboxylic acids is 1. The monoisotopic (exact) mass is 185 g/mol. The van der Waals surface area contributed by atoms with Gasteiger partial charge in [0.25, 0.3) is 0 Å². The summed E-state index contributed by atoms with van der Waals surface area (Å²) >= 11 is 0. The summed E-state index contributed by atoms with van der Waals surface area (Å²) < 4.78 is 0. The smallest absolute Gasteiger partial charge is 0.222 e. The molecule has 0 spiro atoms. The Morgan fingerprint density at radius 2 is 2.38 bits per heavy atom. The van der Waals surface area contributed by atoms with E-state index in [1.807, 2.05) is 6.92 Å². The predicted molar refractivity (Wildman–Crippen MR) is 52.3 cm³/mol. The van der Waals surface area contributed by atoms with Gasteiger partial charge >= 0.3 is 0 Å². The van der Waals surface area contributed by atoms with Gasteiger partial charge in [-0.15, -0.1) is 0 Å². The average Bonchev–Trinajstić information content (AvgIpc) is 2.04. The SMILES string of the molecule is CCNC1CN(C)CCC1C(N)=O. The van der Waals surface area contributed by atoms with Gasteiger partial charge in [0.15, 0.2) is 0 Å². The number of nitrogens with zero attached hydrogens (tertiary/aromatic N) is 1. The highest BCUT2D eigenvalue weighted by atomic mass is 16.1. The molecule has 1 aliphatic heterocycles. The maximum Gasteiger partial charge on any atom is 0.222 e. The van der Waals surface area contributed by atoms with Gasteiger partial charge in [-0.2, -0.15) is 0 Å². The zero-order valence-electron chi connectivity index (χ0n) is 8.42. The number of likely N-dealkylation sites (tertiary alicyclic amines) is 1. The normalized spacial score (nSPS) is 30.3. The summed E-state index contributed by atoms with van der Waals surface area (Å²) in [5, 5.41) is 3.30. The molecule has 1 heterocycles. The average molecular weight is 185 g/mol. The van der Waals surface area contributed by atoms with E-state index in [4.69, 9.17) is 5.73 Å². The molecule has 76 valence electrons. The molecular weight excluding hydrogens is 166 g/mol. The molecule has 0 aliphatic carbocycles. The largest absolute Gasteiger partial charge is 0.369 e. The lowest BCUT2D eigenvalue weighted by atomic mass is 9.91. The minimum atomic E-state index is -0.168. The molecule has 2 atom stereocenters. The standard InChI is InChI=1S/C9H19N3O/c1-3-11-8-6-12(2)5-4-7(8)9(10)13/h7-8,11H,3-6H2,1-2H3,(H2,10,13). The van der Waals surface area contributed by atoms with Crippen molar-refractivity contribution in [1.29, 1.82) is 0 Å². The van der Waals surface area contributed by atoms with Crippen LogP contribution in [0.3, 0.4) is 0 Å². The second-order valence-electron chi connectivity index (χ2n) is 3.72. The molecule has 1 rings (SSSR count). The lowest BCUT2D eigenvalue weighted by Gasteiger charge is -2.35. The third kappa shape index (κ3) is 2.67. The number of nitrogens with two attached hydrogens (primary N) is 1. The van der Waals surface area contributed by atoms with Crippen LogP contribution in [0.25, 0.3) is 0 Å². The molecule has 13 heavy (non-hydrogen) atoms. The molecule has 0 aromatic heterocycles. The minimum absolute atomic E-state index is 0.0103. The Kier molecular flexibility index (Phi) is 3.69. The van der Waals surface area contributed by atoms with Crippen LogP contribution in [0.5, 0.6) is 0 Å². The fourth-order valence-corrected chi connectivity index (χ4v) is 1.92. The second kappa shape index (κ2) is 4.58. The summed E-state index contributed by atoms with van der Waals surface area (Å²) in [7, 11) is 2.07. The van der Waals surface area contributed by atoms with Gasteiger partial charge in [0.05, 0.1) is 5.92 Å². The van der Waals surface area contributed by atoms with E-state index in [9.17, 15) is 4.79 Å². The number of amides is 1. The van der Waals surface area contributed by atoms with Crippen LogP contribution < -0.4 is 11.1 Å².